The molecular formula is C22H23BrFN3O5. The summed E-state index contributed by atoms with van der Waals surface area (Å²) in [7, 11) is 2.40. The smallest absolute Gasteiger partial charge is 0.355 e. The molecule has 170 valence electrons. The van der Waals surface area contributed by atoms with Crippen LogP contribution in [0.15, 0.2) is 52.3 Å². The molecule has 1 saturated heterocycles. The summed E-state index contributed by atoms with van der Waals surface area (Å²) < 4.78 is 25.4. The number of carbonyl (C=O) groups excluding carboxylic acids is 3. The summed E-state index contributed by atoms with van der Waals surface area (Å²) in [6, 6.07) is 2.94. The van der Waals surface area contributed by atoms with E-state index in [1.165, 1.54) is 44.4 Å². The lowest BCUT2D eigenvalue weighted by molar-refractivity contribution is -0.139. The van der Waals surface area contributed by atoms with Crippen molar-refractivity contribution < 1.29 is 28.2 Å². The van der Waals surface area contributed by atoms with E-state index in [0.717, 1.165) is 0 Å². The van der Waals surface area contributed by atoms with Crippen molar-refractivity contribution in [1.82, 2.24) is 4.90 Å². The van der Waals surface area contributed by atoms with Gasteiger partial charge in [-0.15, -0.1) is 0 Å². The number of allylic oxidation sites excluding steroid dienone is 2. The summed E-state index contributed by atoms with van der Waals surface area (Å²) in [5.41, 5.74) is 0.553. The van der Waals surface area contributed by atoms with Gasteiger partial charge in [0, 0.05) is 55.5 Å². The van der Waals surface area contributed by atoms with Gasteiger partial charge in [0.15, 0.2) is 0 Å². The van der Waals surface area contributed by atoms with Crippen LogP contribution >= 0.6 is 15.9 Å². The molecular weight excluding hydrogens is 485 g/mol. The highest BCUT2D eigenvalue weighted by molar-refractivity contribution is 9.10. The zero-order valence-corrected chi connectivity index (χ0v) is 19.5. The van der Waals surface area contributed by atoms with Gasteiger partial charge in [0.05, 0.1) is 25.5 Å². The second-order valence-electron chi connectivity index (χ2n) is 7.07. The Kier molecular flexibility index (Phi) is 7.34. The molecule has 2 aliphatic heterocycles. The fourth-order valence-electron chi connectivity index (χ4n) is 3.60. The Balaban J connectivity index is 2.01. The maximum absolute atomic E-state index is 15.3. The van der Waals surface area contributed by atoms with Crippen molar-refractivity contribution in [3.05, 3.63) is 58.1 Å². The molecule has 0 N–H and O–H groups in total. The largest absolute Gasteiger partial charge is 0.465 e. The molecule has 1 aromatic carbocycles. The van der Waals surface area contributed by atoms with E-state index in [1.54, 1.807) is 23.1 Å². The molecule has 2 aliphatic rings. The Labute approximate surface area is 193 Å². The number of ether oxygens (including phenoxy) is 2. The zero-order chi connectivity index (χ0) is 23.4. The third kappa shape index (κ3) is 4.69. The third-order valence-corrected chi connectivity index (χ3v) is 5.81. The average molecular weight is 508 g/mol. The van der Waals surface area contributed by atoms with Crippen molar-refractivity contribution in [2.45, 2.75) is 6.92 Å². The van der Waals surface area contributed by atoms with Crippen LogP contribution in [0.5, 0.6) is 0 Å². The van der Waals surface area contributed by atoms with Crippen molar-refractivity contribution in [2.24, 2.45) is 0 Å². The summed E-state index contributed by atoms with van der Waals surface area (Å²) >= 11 is 3.44. The first-order chi connectivity index (χ1) is 15.3. The number of hydrogen-bond acceptors (Lipinski definition) is 7. The molecule has 1 fully saturated rings. The van der Waals surface area contributed by atoms with Crippen LogP contribution in [0.4, 0.5) is 15.8 Å². The quantitative estimate of drug-likeness (QED) is 0.579. The second kappa shape index (κ2) is 9.99. The number of nitrogens with zero attached hydrogens (tertiary/aromatic N) is 3. The number of benzene rings is 1. The number of rotatable bonds is 4. The zero-order valence-electron chi connectivity index (χ0n) is 17.9. The molecule has 0 aliphatic carbocycles. The minimum Gasteiger partial charge on any atom is -0.465 e. The normalized spacial score (nSPS) is 16.2. The van der Waals surface area contributed by atoms with Crippen LogP contribution in [-0.4, -0.2) is 63.1 Å². The van der Waals surface area contributed by atoms with Crippen LogP contribution in [0.1, 0.15) is 6.92 Å². The number of piperazine rings is 1. The van der Waals surface area contributed by atoms with Gasteiger partial charge in [-0.25, -0.2) is 14.0 Å². The first-order valence-electron chi connectivity index (χ1n) is 9.83. The number of hydrogen-bond donors (Lipinski definition) is 0. The first kappa shape index (κ1) is 23.5. The van der Waals surface area contributed by atoms with Crippen LogP contribution in [0, 0.1) is 5.82 Å². The summed E-state index contributed by atoms with van der Waals surface area (Å²) in [5, 5.41) is 0. The van der Waals surface area contributed by atoms with Gasteiger partial charge in [0.2, 0.25) is 5.91 Å². The maximum atomic E-state index is 15.3. The molecule has 3 rings (SSSR count). The number of anilines is 2. The molecule has 2 heterocycles. The minimum absolute atomic E-state index is 0.00960. The Morgan fingerprint density at radius 1 is 1.00 bits per heavy atom. The molecule has 0 bridgehead atoms. The van der Waals surface area contributed by atoms with E-state index in [-0.39, 0.29) is 17.2 Å². The van der Waals surface area contributed by atoms with Gasteiger partial charge >= 0.3 is 11.9 Å². The summed E-state index contributed by atoms with van der Waals surface area (Å²) in [6.45, 7) is 3.49. The van der Waals surface area contributed by atoms with Gasteiger partial charge < -0.3 is 24.2 Å². The molecule has 0 saturated carbocycles. The van der Waals surface area contributed by atoms with Crippen molar-refractivity contribution >= 4 is 45.2 Å². The molecule has 1 amide bonds. The van der Waals surface area contributed by atoms with Gasteiger partial charge in [0.1, 0.15) is 11.5 Å². The number of carbonyl (C=O) groups is 3. The van der Waals surface area contributed by atoms with E-state index in [2.05, 4.69) is 15.9 Å². The molecule has 1 aromatic rings. The Morgan fingerprint density at radius 2 is 1.66 bits per heavy atom. The van der Waals surface area contributed by atoms with Crippen molar-refractivity contribution in [2.75, 3.05) is 50.2 Å². The second-order valence-corrected chi connectivity index (χ2v) is 7.92. The number of amides is 1. The minimum atomic E-state index is -0.775. The number of halogens is 2. The Bertz CT molecular complexity index is 1010. The van der Waals surface area contributed by atoms with Gasteiger partial charge in [-0.05, 0) is 34.1 Å². The molecule has 32 heavy (non-hydrogen) atoms. The van der Waals surface area contributed by atoms with Crippen molar-refractivity contribution in [1.29, 1.82) is 0 Å². The predicted molar refractivity (Wildman–Crippen MR) is 120 cm³/mol. The van der Waals surface area contributed by atoms with E-state index >= 15 is 4.39 Å². The highest BCUT2D eigenvalue weighted by Crippen LogP contribution is 2.36. The molecule has 0 unspecified atom stereocenters. The molecule has 8 nitrogen and oxygen atoms in total. The van der Waals surface area contributed by atoms with Gasteiger partial charge in [0.25, 0.3) is 0 Å². The molecule has 0 atom stereocenters. The first-order valence-corrected chi connectivity index (χ1v) is 10.6. The van der Waals surface area contributed by atoms with Crippen LogP contribution in [0.25, 0.3) is 0 Å². The highest BCUT2D eigenvalue weighted by atomic mass is 79.9. The fraction of sp³-hybridized carbons (Fsp3) is 0.318. The SMILES string of the molecule is COC(=O)C1=C(C(=O)OC)N(c2cc(F)c(N3CCN(C(C)=O)CC3)c(Br)c2)C=CC=C1. The number of esters is 2. The third-order valence-electron chi connectivity index (χ3n) is 5.21. The predicted octanol–water partition coefficient (Wildman–Crippen LogP) is 2.75. The molecule has 0 spiro atoms. The summed E-state index contributed by atoms with van der Waals surface area (Å²) in [5.74, 6) is -2.03. The van der Waals surface area contributed by atoms with Gasteiger partial charge in [-0.2, -0.15) is 0 Å². The standard InChI is InChI=1S/C22H23BrFN3O5/c1-14(28)25-8-10-26(11-9-25)20-17(23)12-15(13-18(20)24)27-7-5-4-6-16(21(29)31-2)19(27)22(30)32-3/h4-7,12-13H,8-11H2,1-3H3. The van der Waals surface area contributed by atoms with Crippen LogP contribution < -0.4 is 9.80 Å². The van der Waals surface area contributed by atoms with E-state index in [1.807, 2.05) is 4.90 Å². The monoisotopic (exact) mass is 507 g/mol. The molecule has 0 radical (unpaired) electrons. The van der Waals surface area contributed by atoms with E-state index < -0.39 is 17.8 Å². The number of methoxy groups -OCH3 is 2. The topological polar surface area (TPSA) is 79.4 Å². The maximum Gasteiger partial charge on any atom is 0.355 e. The van der Waals surface area contributed by atoms with Crippen LogP contribution in [0.3, 0.4) is 0 Å². The highest BCUT2D eigenvalue weighted by Gasteiger charge is 2.29. The van der Waals surface area contributed by atoms with E-state index in [4.69, 9.17) is 9.47 Å². The fourth-order valence-corrected chi connectivity index (χ4v) is 4.28. The summed E-state index contributed by atoms with van der Waals surface area (Å²) in [4.78, 5) is 41.4. The molecule has 0 aromatic heterocycles. The van der Waals surface area contributed by atoms with Crippen LogP contribution in [-0.2, 0) is 23.9 Å². The van der Waals surface area contributed by atoms with Crippen molar-refractivity contribution in [3.63, 3.8) is 0 Å². The molecule has 10 heteroatoms. The average Bonchev–Trinajstić information content (AvgIpc) is 3.01. The van der Waals surface area contributed by atoms with Crippen LogP contribution in [0.2, 0.25) is 0 Å². The van der Waals surface area contributed by atoms with Gasteiger partial charge in [-0.1, -0.05) is 6.08 Å². The summed E-state index contributed by atoms with van der Waals surface area (Å²) in [6.07, 6.45) is 6.15. The van der Waals surface area contributed by atoms with Gasteiger partial charge in [-0.3, -0.25) is 4.79 Å². The lowest BCUT2D eigenvalue weighted by Gasteiger charge is -2.36. The van der Waals surface area contributed by atoms with Crippen molar-refractivity contribution in [3.8, 4) is 0 Å². The van der Waals surface area contributed by atoms with E-state index in [0.29, 0.717) is 42.0 Å². The lowest BCUT2D eigenvalue weighted by atomic mass is 10.1. The van der Waals surface area contributed by atoms with E-state index in [9.17, 15) is 14.4 Å². The Hall–Kier alpha value is -3.14. The lowest BCUT2D eigenvalue weighted by Crippen LogP contribution is -2.48. The Morgan fingerprint density at radius 3 is 2.22 bits per heavy atom.